The van der Waals surface area contributed by atoms with Gasteiger partial charge in [0.2, 0.25) is 5.43 Å². The fourth-order valence-corrected chi connectivity index (χ4v) is 5.50. The van der Waals surface area contributed by atoms with Crippen LogP contribution in [0, 0.1) is 15.9 Å². The number of aryl methyl sites for hydroxylation is 1. The van der Waals surface area contributed by atoms with Gasteiger partial charge in [0.15, 0.2) is 0 Å². The van der Waals surface area contributed by atoms with Crippen molar-refractivity contribution in [1.29, 1.82) is 0 Å². The van der Waals surface area contributed by atoms with E-state index in [1.807, 2.05) is 6.08 Å². The van der Waals surface area contributed by atoms with E-state index in [2.05, 4.69) is 30.0 Å². The van der Waals surface area contributed by atoms with Gasteiger partial charge >= 0.3 is 0 Å². The van der Waals surface area contributed by atoms with Crippen LogP contribution >= 0.6 is 23.1 Å². The number of aromatic nitrogens is 2. The third-order valence-electron chi connectivity index (χ3n) is 4.27. The van der Waals surface area contributed by atoms with Crippen molar-refractivity contribution in [3.63, 3.8) is 0 Å². The van der Waals surface area contributed by atoms with Gasteiger partial charge in [-0.05, 0) is 43.8 Å². The Kier molecular flexibility index (Phi) is 5.27. The van der Waals surface area contributed by atoms with Crippen LogP contribution in [0.25, 0.3) is 0 Å². The Morgan fingerprint density at radius 2 is 2.17 bits per heavy atom. The van der Waals surface area contributed by atoms with E-state index in [1.165, 1.54) is 23.4 Å². The Bertz CT molecular complexity index is 819. The summed E-state index contributed by atoms with van der Waals surface area (Å²) in [6.45, 7) is 8.99. The third kappa shape index (κ3) is 3.41. The zero-order valence-electron chi connectivity index (χ0n) is 13.9. The summed E-state index contributed by atoms with van der Waals surface area (Å²) in [5.74, 6) is 1.62. The first-order valence-electron chi connectivity index (χ1n) is 8.40. The maximum atomic E-state index is 12.9. The highest BCUT2D eigenvalue weighted by molar-refractivity contribution is 7.99. The van der Waals surface area contributed by atoms with Gasteiger partial charge in [-0.25, -0.2) is 4.98 Å². The van der Waals surface area contributed by atoms with Gasteiger partial charge in [0, 0.05) is 17.1 Å². The molecule has 0 saturated carbocycles. The predicted octanol–water partition coefficient (Wildman–Crippen LogP) is 4.23. The smallest absolute Gasteiger partial charge is 0.237 e. The van der Waals surface area contributed by atoms with Crippen LogP contribution in [0.4, 0.5) is 0 Å². The molecule has 124 valence electrons. The van der Waals surface area contributed by atoms with E-state index < -0.39 is 0 Å². The number of nitrogens with zero attached hydrogens (tertiary/aromatic N) is 2. The lowest BCUT2D eigenvalue weighted by Crippen LogP contribution is -2.17. The fourth-order valence-electron chi connectivity index (χ4n) is 3.03. The van der Waals surface area contributed by atoms with Crippen molar-refractivity contribution in [1.82, 2.24) is 9.55 Å². The summed E-state index contributed by atoms with van der Waals surface area (Å²) in [6.07, 6.45) is 7.63. The fraction of sp³-hybridized carbons (Fsp3) is 0.556. The molecule has 0 aromatic heterocycles. The van der Waals surface area contributed by atoms with Crippen LogP contribution < -0.4 is 5.43 Å². The zero-order chi connectivity index (χ0) is 16.4. The van der Waals surface area contributed by atoms with E-state index in [0.29, 0.717) is 17.5 Å². The summed E-state index contributed by atoms with van der Waals surface area (Å²) in [7, 11) is 0. The molecular weight excluding hydrogens is 324 g/mol. The van der Waals surface area contributed by atoms with Gasteiger partial charge in [-0.2, -0.15) is 0 Å². The minimum Gasteiger partial charge on any atom is -0.335 e. The highest BCUT2D eigenvalue weighted by Crippen LogP contribution is 2.27. The molecule has 0 aromatic rings. The molecule has 3 aliphatic rings. The van der Waals surface area contributed by atoms with Gasteiger partial charge in [0.25, 0.3) is 0 Å². The average Bonchev–Trinajstić information content (AvgIpc) is 2.83. The molecule has 0 saturated heterocycles. The van der Waals surface area contributed by atoms with Crippen molar-refractivity contribution in [2.75, 3.05) is 5.75 Å². The van der Waals surface area contributed by atoms with Crippen molar-refractivity contribution >= 4 is 23.1 Å². The number of fused-ring (bicyclic) bond motifs is 1. The van der Waals surface area contributed by atoms with Gasteiger partial charge in [0.1, 0.15) is 15.0 Å². The van der Waals surface area contributed by atoms with Crippen LogP contribution in [-0.2, 0) is 19.4 Å². The Morgan fingerprint density at radius 3 is 2.91 bits per heavy atom. The first-order chi connectivity index (χ1) is 11.1. The SMILES string of the molecule is C=CCn1c2c(sc3nc(SCCC(C)C)c(=O)c1=3)CCCC2. The number of hydrogen-bond donors (Lipinski definition) is 0. The molecule has 23 heavy (non-hydrogen) atoms. The summed E-state index contributed by atoms with van der Waals surface area (Å²) in [6, 6.07) is 0. The number of thioether (sulfide) groups is 1. The van der Waals surface area contributed by atoms with Gasteiger partial charge in [-0.3, -0.25) is 4.79 Å². The maximum Gasteiger partial charge on any atom is 0.237 e. The van der Waals surface area contributed by atoms with Crippen molar-refractivity contribution in [3.8, 4) is 0 Å². The molecule has 1 aliphatic carbocycles. The van der Waals surface area contributed by atoms with E-state index in [1.54, 1.807) is 23.1 Å². The molecule has 0 atom stereocenters. The summed E-state index contributed by atoms with van der Waals surface area (Å²) >= 11 is 3.34. The molecule has 3 rings (SSSR count). The summed E-state index contributed by atoms with van der Waals surface area (Å²) < 4.78 is 3.08. The first-order valence-corrected chi connectivity index (χ1v) is 10.2. The quantitative estimate of drug-likeness (QED) is 0.579. The van der Waals surface area contributed by atoms with Gasteiger partial charge < -0.3 is 4.57 Å². The Balaban J connectivity index is 2.08. The zero-order valence-corrected chi connectivity index (χ0v) is 15.6. The predicted molar refractivity (Wildman–Crippen MR) is 98.7 cm³/mol. The maximum absolute atomic E-state index is 12.9. The molecule has 0 aromatic carbocycles. The minimum atomic E-state index is 0.111. The second-order valence-corrected chi connectivity index (χ2v) is 8.68. The van der Waals surface area contributed by atoms with E-state index in [-0.39, 0.29) is 5.43 Å². The van der Waals surface area contributed by atoms with Crippen LogP contribution in [0.3, 0.4) is 0 Å². The van der Waals surface area contributed by atoms with Crippen LogP contribution in [-0.4, -0.2) is 15.3 Å². The molecule has 2 aliphatic heterocycles. The lowest BCUT2D eigenvalue weighted by atomic mass is 10.0. The molecule has 0 bridgehead atoms. The van der Waals surface area contributed by atoms with Crippen molar-refractivity contribution in [3.05, 3.63) is 43.5 Å². The van der Waals surface area contributed by atoms with Gasteiger partial charge in [-0.15, -0.1) is 29.7 Å². The summed E-state index contributed by atoms with van der Waals surface area (Å²) in [5, 5.41) is 1.47. The average molecular weight is 349 g/mol. The van der Waals surface area contributed by atoms with E-state index in [0.717, 1.165) is 35.0 Å². The highest BCUT2D eigenvalue weighted by Gasteiger charge is 2.19. The molecular formula is C18H24N2OS2. The Hall–Kier alpha value is -1.07. The molecule has 0 fully saturated rings. The Morgan fingerprint density at radius 1 is 1.39 bits per heavy atom. The van der Waals surface area contributed by atoms with Gasteiger partial charge in [0.05, 0.1) is 0 Å². The normalized spacial score (nSPS) is 14.4. The number of allylic oxidation sites excluding steroid dienone is 1. The van der Waals surface area contributed by atoms with E-state index in [9.17, 15) is 4.79 Å². The van der Waals surface area contributed by atoms with Crippen molar-refractivity contribution in [2.45, 2.75) is 57.5 Å². The topological polar surface area (TPSA) is 34.9 Å². The number of hydrogen-bond acceptors (Lipinski definition) is 4. The molecule has 5 heteroatoms. The van der Waals surface area contributed by atoms with Gasteiger partial charge in [-0.1, -0.05) is 19.9 Å². The molecule has 0 spiro atoms. The molecule has 0 amide bonds. The first kappa shape index (κ1) is 16.8. The van der Waals surface area contributed by atoms with Crippen LogP contribution in [0.2, 0.25) is 0 Å². The monoisotopic (exact) mass is 348 g/mol. The second kappa shape index (κ2) is 7.22. The van der Waals surface area contributed by atoms with E-state index in [4.69, 9.17) is 0 Å². The largest absolute Gasteiger partial charge is 0.335 e. The minimum absolute atomic E-state index is 0.111. The van der Waals surface area contributed by atoms with Crippen LogP contribution in [0.15, 0.2) is 22.5 Å². The second-order valence-electron chi connectivity index (χ2n) is 6.51. The van der Waals surface area contributed by atoms with Crippen LogP contribution in [0.1, 0.15) is 43.7 Å². The lowest BCUT2D eigenvalue weighted by Gasteiger charge is -2.20. The van der Waals surface area contributed by atoms with Crippen LogP contribution in [0.5, 0.6) is 0 Å². The number of rotatable bonds is 6. The molecule has 0 N–H and O–H groups in total. The molecule has 3 nitrogen and oxygen atoms in total. The highest BCUT2D eigenvalue weighted by atomic mass is 32.2. The van der Waals surface area contributed by atoms with Crippen molar-refractivity contribution < 1.29 is 0 Å². The lowest BCUT2D eigenvalue weighted by molar-refractivity contribution is 0.617. The summed E-state index contributed by atoms with van der Waals surface area (Å²) in [5.41, 5.74) is 1.44. The molecule has 2 heterocycles. The summed E-state index contributed by atoms with van der Waals surface area (Å²) in [4.78, 5) is 18.9. The molecule has 0 radical (unpaired) electrons. The Labute approximate surface area is 145 Å². The molecule has 0 unspecified atom stereocenters. The third-order valence-corrected chi connectivity index (χ3v) is 6.42. The van der Waals surface area contributed by atoms with Crippen molar-refractivity contribution in [2.24, 2.45) is 5.92 Å². The standard InChI is InChI=1S/C18H24N2OS2/c1-4-10-20-13-7-5-6-8-14(13)23-17-15(20)16(21)18(19-17)22-11-9-12(2)3/h4,12H,1,5-11H2,2-3H3. The van der Waals surface area contributed by atoms with E-state index >= 15 is 0 Å².